The van der Waals surface area contributed by atoms with Crippen LogP contribution in [0.5, 0.6) is 0 Å². The molecule has 0 spiro atoms. The van der Waals surface area contributed by atoms with Crippen LogP contribution in [0.1, 0.15) is 13.3 Å². The van der Waals surface area contributed by atoms with Gasteiger partial charge in [0.15, 0.2) is 0 Å². The molecule has 1 rings (SSSR count). The average molecular weight is 294 g/mol. The normalized spacial score (nSPS) is 9.18. The molecule has 1 aromatic rings. The first-order valence-corrected chi connectivity index (χ1v) is 4.13. The molecule has 0 atom stereocenters. The topological polar surface area (TPSA) is 55.1 Å². The molecule has 0 aliphatic heterocycles. The Morgan fingerprint density at radius 3 is 2.18 bits per heavy atom. The minimum absolute atomic E-state index is 0. The van der Waals surface area contributed by atoms with Crippen LogP contribution < -0.4 is 0 Å². The number of aliphatic carboxylic acids is 1. The predicted octanol–water partition coefficient (Wildman–Crippen LogP) is 2.34. The molecule has 0 amide bonds. The molecule has 0 bridgehead atoms. The Hall–Kier alpha value is -1.02. The molecule has 1 aromatic heterocycles. The maximum Gasteiger partial charge on any atom is 0.490 e. The van der Waals surface area contributed by atoms with Crippen molar-refractivity contribution in [1.29, 1.82) is 0 Å². The summed E-state index contributed by atoms with van der Waals surface area (Å²) in [5, 5.41) is 7.12. The molecular formula is C8H11F4N2O2V. The largest absolute Gasteiger partial charge is 0.490 e. The second-order valence-corrected chi connectivity index (χ2v) is 2.60. The summed E-state index contributed by atoms with van der Waals surface area (Å²) in [5.41, 5.74) is 0. The second-order valence-electron chi connectivity index (χ2n) is 2.60. The molecule has 1 N–H and O–H groups in total. The number of alkyl halides is 3. The van der Waals surface area contributed by atoms with Crippen molar-refractivity contribution < 1.29 is 46.3 Å². The molecule has 98 valence electrons. The molecule has 2 radical (unpaired) electrons. The van der Waals surface area contributed by atoms with Crippen LogP contribution in [0, 0.1) is 0 Å². The number of nitrogens with zero attached hydrogens (tertiary/aromatic N) is 2. The van der Waals surface area contributed by atoms with Gasteiger partial charge in [-0.3, -0.25) is 0 Å². The zero-order valence-electron chi connectivity index (χ0n) is 8.86. The van der Waals surface area contributed by atoms with Gasteiger partial charge in [-0.1, -0.05) is 6.92 Å². The summed E-state index contributed by atoms with van der Waals surface area (Å²) in [5.74, 6) is -2.76. The standard InChI is InChI=1S/C6H10N2.C2HF3O2.F.V/c1-2-4-8-5-3-7-6-8;3-2(4,5)1(6)7;;/h3,5-6H,2,4H2,1H3;(H,6,7);;. The molecule has 17 heavy (non-hydrogen) atoms. The fourth-order valence-electron chi connectivity index (χ4n) is 0.677. The van der Waals surface area contributed by atoms with Gasteiger partial charge in [0.1, 0.15) is 0 Å². The third-order valence-electron chi connectivity index (χ3n) is 1.28. The molecule has 9 heteroatoms. The zero-order chi connectivity index (χ0) is 11.9. The van der Waals surface area contributed by atoms with Crippen LogP contribution in [0.15, 0.2) is 18.7 Å². The first-order chi connectivity index (χ1) is 6.88. The number of hydrogen-bond donors (Lipinski definition) is 1. The van der Waals surface area contributed by atoms with Crippen LogP contribution in [0.3, 0.4) is 0 Å². The minimum Gasteiger partial charge on any atom is -0.475 e. The van der Waals surface area contributed by atoms with E-state index in [0.29, 0.717) is 0 Å². The average Bonchev–Trinajstić information content (AvgIpc) is 2.57. The SMILES string of the molecule is CCCn1ccnc1.O=C(O)C(F)(F)F.[F].[V]. The van der Waals surface area contributed by atoms with Gasteiger partial charge in [-0.2, -0.15) is 13.2 Å². The van der Waals surface area contributed by atoms with Gasteiger partial charge in [0.2, 0.25) is 0 Å². The maximum absolute atomic E-state index is 10.6. The maximum atomic E-state index is 10.6. The number of aromatic nitrogens is 2. The van der Waals surface area contributed by atoms with Gasteiger partial charge >= 0.3 is 12.1 Å². The van der Waals surface area contributed by atoms with Crippen molar-refractivity contribution in [3.63, 3.8) is 0 Å². The Morgan fingerprint density at radius 2 is 1.94 bits per heavy atom. The molecule has 0 aromatic carbocycles. The minimum atomic E-state index is -5.08. The van der Waals surface area contributed by atoms with Crippen molar-refractivity contribution in [3.05, 3.63) is 18.7 Å². The van der Waals surface area contributed by atoms with Crippen LogP contribution in [-0.2, 0) is 29.9 Å². The van der Waals surface area contributed by atoms with Crippen LogP contribution in [0.4, 0.5) is 17.9 Å². The second kappa shape index (κ2) is 10.2. The Morgan fingerprint density at radius 1 is 1.47 bits per heavy atom. The molecule has 0 fully saturated rings. The number of carboxylic acids is 1. The van der Waals surface area contributed by atoms with Crippen molar-refractivity contribution in [3.8, 4) is 0 Å². The van der Waals surface area contributed by atoms with Crippen LogP contribution in [-0.4, -0.2) is 26.8 Å². The third kappa shape index (κ3) is 11.3. The van der Waals surface area contributed by atoms with Crippen LogP contribution >= 0.6 is 0 Å². The summed E-state index contributed by atoms with van der Waals surface area (Å²) in [6.45, 7) is 3.24. The van der Waals surface area contributed by atoms with E-state index in [-0.39, 0.29) is 23.3 Å². The smallest absolute Gasteiger partial charge is 0.475 e. The Bertz CT molecular complexity index is 290. The van der Waals surface area contributed by atoms with E-state index in [1.165, 1.54) is 6.42 Å². The molecule has 1 heterocycles. The van der Waals surface area contributed by atoms with Crippen molar-refractivity contribution in [1.82, 2.24) is 9.55 Å². The van der Waals surface area contributed by atoms with Gasteiger partial charge in [-0.05, 0) is 6.42 Å². The number of rotatable bonds is 2. The monoisotopic (exact) mass is 294 g/mol. The number of carboxylic acid groups (broad SMARTS) is 1. The molecule has 0 aliphatic rings. The van der Waals surface area contributed by atoms with E-state index in [2.05, 4.69) is 16.5 Å². The number of imidazole rings is 1. The van der Waals surface area contributed by atoms with Crippen molar-refractivity contribution in [2.75, 3.05) is 0 Å². The summed E-state index contributed by atoms with van der Waals surface area (Å²) in [7, 11) is 0. The van der Waals surface area contributed by atoms with Crippen LogP contribution in [0.25, 0.3) is 0 Å². The van der Waals surface area contributed by atoms with E-state index in [1.807, 2.05) is 12.5 Å². The molecule has 4 nitrogen and oxygen atoms in total. The van der Waals surface area contributed by atoms with Gasteiger partial charge in [-0.25, -0.2) is 9.78 Å². The summed E-state index contributed by atoms with van der Waals surface area (Å²) < 4.78 is 33.8. The third-order valence-corrected chi connectivity index (χ3v) is 1.28. The Balaban J connectivity index is -0.000000208. The number of carbonyl (C=O) groups is 1. The Kier molecular flexibility index (Phi) is 12.7. The van der Waals surface area contributed by atoms with Gasteiger partial charge in [-0.15, -0.1) is 0 Å². The quantitative estimate of drug-likeness (QED) is 0.852. The molecule has 0 aliphatic carbocycles. The summed E-state index contributed by atoms with van der Waals surface area (Å²) in [4.78, 5) is 12.8. The van der Waals surface area contributed by atoms with Crippen molar-refractivity contribution in [2.24, 2.45) is 0 Å². The van der Waals surface area contributed by atoms with E-state index >= 15 is 0 Å². The van der Waals surface area contributed by atoms with Gasteiger partial charge in [0.05, 0.1) is 6.33 Å². The molecule has 0 unspecified atom stereocenters. The zero-order valence-corrected chi connectivity index (χ0v) is 10.3. The van der Waals surface area contributed by atoms with Crippen LogP contribution in [0.2, 0.25) is 0 Å². The summed E-state index contributed by atoms with van der Waals surface area (Å²) in [6.07, 6.45) is 1.71. The fraction of sp³-hybridized carbons (Fsp3) is 0.500. The predicted molar refractivity (Wildman–Crippen MR) is 47.3 cm³/mol. The first-order valence-electron chi connectivity index (χ1n) is 4.13. The molecule has 0 saturated carbocycles. The molecular weight excluding hydrogens is 283 g/mol. The number of hydrogen-bond acceptors (Lipinski definition) is 2. The number of halogens is 4. The van der Waals surface area contributed by atoms with E-state index in [0.717, 1.165) is 6.54 Å². The Labute approximate surface area is 107 Å². The summed E-state index contributed by atoms with van der Waals surface area (Å²) >= 11 is 0. The van der Waals surface area contributed by atoms with E-state index in [1.54, 1.807) is 6.20 Å². The fourth-order valence-corrected chi connectivity index (χ4v) is 0.677. The van der Waals surface area contributed by atoms with E-state index < -0.39 is 12.1 Å². The van der Waals surface area contributed by atoms with E-state index in [9.17, 15) is 13.2 Å². The van der Waals surface area contributed by atoms with Gasteiger partial charge in [0, 0.05) is 42.2 Å². The molecule has 0 saturated heterocycles. The summed E-state index contributed by atoms with van der Waals surface area (Å²) in [6, 6.07) is 0. The van der Waals surface area contributed by atoms with Gasteiger partial charge in [0.25, 0.3) is 0 Å². The number of aryl methyl sites for hydroxylation is 1. The van der Waals surface area contributed by atoms with Crippen molar-refractivity contribution in [2.45, 2.75) is 26.1 Å². The first kappa shape index (κ1) is 21.3. The van der Waals surface area contributed by atoms with Gasteiger partial charge < -0.3 is 9.67 Å². The van der Waals surface area contributed by atoms with Crippen molar-refractivity contribution >= 4 is 5.97 Å². The van der Waals surface area contributed by atoms with E-state index in [4.69, 9.17) is 9.90 Å².